The third-order valence-electron chi connectivity index (χ3n) is 6.03. The summed E-state index contributed by atoms with van der Waals surface area (Å²) in [5, 5.41) is 7.80. The van der Waals surface area contributed by atoms with Gasteiger partial charge in [0.2, 0.25) is 0 Å². The van der Waals surface area contributed by atoms with E-state index in [4.69, 9.17) is 4.52 Å². The summed E-state index contributed by atoms with van der Waals surface area (Å²) in [5.74, 6) is 1.44. The van der Waals surface area contributed by atoms with Crippen LogP contribution in [0.1, 0.15) is 12.2 Å². The smallest absolute Gasteiger partial charge is 0.270 e. The van der Waals surface area contributed by atoms with Crippen LogP contribution >= 0.6 is 7.26 Å². The van der Waals surface area contributed by atoms with E-state index < -0.39 is 7.26 Å². The highest BCUT2D eigenvalue weighted by molar-refractivity contribution is 7.97. The van der Waals surface area contributed by atoms with Crippen LogP contribution in [0.15, 0.2) is 102 Å². The molecule has 4 aromatic rings. The van der Waals surface area contributed by atoms with Crippen LogP contribution in [-0.4, -0.2) is 23.3 Å². The second kappa shape index (κ2) is 9.40. The Morgan fingerprint density at radius 2 is 1.31 bits per heavy atom. The topological polar surface area (TPSA) is 46.3 Å². The number of hydrogen-bond donors (Lipinski definition) is 0. The zero-order valence-corrected chi connectivity index (χ0v) is 20.2. The third-order valence-corrected chi connectivity index (χ3v) is 10.8. The van der Waals surface area contributed by atoms with E-state index in [1.807, 2.05) is 31.2 Å². The van der Waals surface area contributed by atoms with Crippen LogP contribution in [0.3, 0.4) is 0 Å². The molecule has 1 aromatic heterocycles. The van der Waals surface area contributed by atoms with Crippen molar-refractivity contribution in [3.63, 3.8) is 0 Å². The largest absolute Gasteiger partial charge is 1.00 e. The lowest BCUT2D eigenvalue weighted by atomic mass is 10.3. The van der Waals surface area contributed by atoms with E-state index in [0.717, 1.165) is 6.42 Å². The summed E-state index contributed by atoms with van der Waals surface area (Å²) in [6, 6.07) is 33.5. The lowest BCUT2D eigenvalue weighted by Gasteiger charge is -2.31. The van der Waals surface area contributed by atoms with Gasteiger partial charge in [-0.05, 0) is 43.3 Å². The molecule has 0 bridgehead atoms. The van der Waals surface area contributed by atoms with E-state index in [-0.39, 0.29) is 28.5 Å². The maximum Gasteiger partial charge on any atom is 0.270 e. The Morgan fingerprint density at radius 1 is 0.844 bits per heavy atom. The molecule has 5 rings (SSSR count). The molecule has 32 heavy (non-hydrogen) atoms. The van der Waals surface area contributed by atoms with E-state index in [1.54, 1.807) is 4.90 Å². The van der Waals surface area contributed by atoms with Gasteiger partial charge < -0.3 is 21.5 Å². The predicted octanol–water partition coefficient (Wildman–Crippen LogP) is 1.09. The minimum Gasteiger partial charge on any atom is -1.00 e. The van der Waals surface area contributed by atoms with E-state index in [1.165, 1.54) is 15.9 Å². The van der Waals surface area contributed by atoms with Crippen LogP contribution in [0.25, 0.3) is 0 Å². The molecule has 1 saturated heterocycles. The Kier molecular flexibility index (Phi) is 6.59. The van der Waals surface area contributed by atoms with Crippen molar-refractivity contribution in [1.82, 2.24) is 5.16 Å². The molecule has 0 spiro atoms. The lowest BCUT2D eigenvalue weighted by Crippen LogP contribution is -3.00. The Hall–Kier alpha value is -2.75. The molecule has 1 amide bonds. The third kappa shape index (κ3) is 3.70. The van der Waals surface area contributed by atoms with Gasteiger partial charge in [-0.25, -0.2) is 0 Å². The van der Waals surface area contributed by atoms with E-state index in [9.17, 15) is 4.79 Å². The summed E-state index contributed by atoms with van der Waals surface area (Å²) in [6.45, 7) is 2.49. The number of halogens is 1. The first-order valence-electron chi connectivity index (χ1n) is 10.5. The molecular formula is C26H24BrN2O2P. The number of aromatic nitrogens is 1. The number of rotatable bonds is 5. The number of anilines is 1. The van der Waals surface area contributed by atoms with Gasteiger partial charge in [0.1, 0.15) is 28.9 Å². The molecule has 3 aromatic carbocycles. The molecule has 0 saturated carbocycles. The van der Waals surface area contributed by atoms with Crippen molar-refractivity contribution < 1.29 is 26.3 Å². The van der Waals surface area contributed by atoms with Crippen molar-refractivity contribution >= 4 is 34.9 Å². The molecule has 1 aliphatic heterocycles. The molecule has 0 radical (unpaired) electrons. The van der Waals surface area contributed by atoms with Gasteiger partial charge in [0, 0.05) is 19.0 Å². The number of amides is 1. The Bertz CT molecular complexity index is 1090. The highest BCUT2D eigenvalue weighted by Gasteiger charge is 2.59. The monoisotopic (exact) mass is 506 g/mol. The average Bonchev–Trinajstić information content (AvgIpc) is 3.42. The molecule has 0 aliphatic carbocycles. The first-order chi connectivity index (χ1) is 15.2. The van der Waals surface area contributed by atoms with Gasteiger partial charge in [0.25, 0.3) is 5.91 Å². The van der Waals surface area contributed by atoms with E-state index in [0.29, 0.717) is 18.1 Å². The fourth-order valence-electron chi connectivity index (χ4n) is 4.71. The van der Waals surface area contributed by atoms with Crippen molar-refractivity contribution in [2.75, 3.05) is 11.4 Å². The van der Waals surface area contributed by atoms with Crippen molar-refractivity contribution in [2.24, 2.45) is 0 Å². The Labute approximate surface area is 199 Å². The summed E-state index contributed by atoms with van der Waals surface area (Å²) in [4.78, 5) is 15.8. The standard InChI is InChI=1S/C26H24N2O2P.BrH/c1-20-19-25(27-30-20)28-18-17-24(26(28)29)31(21-11-5-2-6-12-21,22-13-7-3-8-14-22)23-15-9-4-10-16-23;/h2-16,19,24H,17-18H2,1H3;1H/q+1;/p-1/t24-;/m1./s1. The van der Waals surface area contributed by atoms with Crippen molar-refractivity contribution in [3.8, 4) is 0 Å². The average molecular weight is 507 g/mol. The van der Waals surface area contributed by atoms with Gasteiger partial charge in [-0.2, -0.15) is 0 Å². The van der Waals surface area contributed by atoms with Gasteiger partial charge in [-0.15, -0.1) is 0 Å². The molecule has 0 N–H and O–H groups in total. The van der Waals surface area contributed by atoms with Crippen LogP contribution < -0.4 is 37.8 Å². The SMILES string of the molecule is Cc1cc(N2CC[C@@H]([P+](c3ccccc3)(c3ccccc3)c3ccccc3)C2=O)no1.[Br-]. The Balaban J connectivity index is 0.00000245. The van der Waals surface area contributed by atoms with Crippen LogP contribution in [0.2, 0.25) is 0 Å². The summed E-state index contributed by atoms with van der Waals surface area (Å²) in [7, 11) is -2.26. The molecule has 4 nitrogen and oxygen atoms in total. The lowest BCUT2D eigenvalue weighted by molar-refractivity contribution is -0.116. The number of nitrogens with zero attached hydrogens (tertiary/aromatic N) is 2. The van der Waals surface area contributed by atoms with Crippen LogP contribution in [0, 0.1) is 6.92 Å². The fourth-order valence-corrected chi connectivity index (χ4v) is 9.58. The number of carbonyl (C=O) groups excluding carboxylic acids is 1. The first-order valence-corrected chi connectivity index (χ1v) is 12.4. The van der Waals surface area contributed by atoms with Crippen molar-refractivity contribution in [1.29, 1.82) is 0 Å². The minimum atomic E-state index is -2.26. The highest BCUT2D eigenvalue weighted by atomic mass is 79.9. The quantitative estimate of drug-likeness (QED) is 0.380. The number of benzene rings is 3. The molecule has 1 fully saturated rings. The molecule has 2 heterocycles. The van der Waals surface area contributed by atoms with Gasteiger partial charge in [-0.1, -0.05) is 59.8 Å². The predicted molar refractivity (Wildman–Crippen MR) is 127 cm³/mol. The van der Waals surface area contributed by atoms with E-state index >= 15 is 0 Å². The second-order valence-electron chi connectivity index (χ2n) is 7.82. The summed E-state index contributed by atoms with van der Waals surface area (Å²) in [6.07, 6.45) is 0.775. The molecule has 6 heteroatoms. The zero-order chi connectivity index (χ0) is 21.3. The van der Waals surface area contributed by atoms with Gasteiger partial charge in [-0.3, -0.25) is 9.69 Å². The maximum absolute atomic E-state index is 14.0. The van der Waals surface area contributed by atoms with Crippen molar-refractivity contribution in [3.05, 3.63) is 103 Å². The molecule has 1 atom stereocenters. The normalized spacial score (nSPS) is 16.1. The zero-order valence-electron chi connectivity index (χ0n) is 17.8. The van der Waals surface area contributed by atoms with Crippen molar-refractivity contribution in [2.45, 2.75) is 19.0 Å². The fraction of sp³-hybridized carbons (Fsp3) is 0.154. The molecular weight excluding hydrogens is 483 g/mol. The summed E-state index contributed by atoms with van der Waals surface area (Å²) >= 11 is 0. The highest BCUT2D eigenvalue weighted by Crippen LogP contribution is 2.62. The van der Waals surface area contributed by atoms with Gasteiger partial charge in [0.05, 0.1) is 0 Å². The van der Waals surface area contributed by atoms with Gasteiger partial charge >= 0.3 is 0 Å². The van der Waals surface area contributed by atoms with E-state index in [2.05, 4.69) is 78.0 Å². The molecule has 0 unspecified atom stereocenters. The molecule has 1 aliphatic rings. The second-order valence-corrected chi connectivity index (χ2v) is 11.4. The first kappa shape index (κ1) is 22.4. The van der Waals surface area contributed by atoms with Crippen LogP contribution in [-0.2, 0) is 4.79 Å². The summed E-state index contributed by atoms with van der Waals surface area (Å²) in [5.41, 5.74) is -0.156. The maximum atomic E-state index is 14.0. The van der Waals surface area contributed by atoms with Gasteiger partial charge in [0.15, 0.2) is 11.5 Å². The Morgan fingerprint density at radius 3 is 1.72 bits per heavy atom. The van der Waals surface area contributed by atoms with Crippen LogP contribution in [0.5, 0.6) is 0 Å². The summed E-state index contributed by atoms with van der Waals surface area (Å²) < 4.78 is 5.27. The molecule has 162 valence electrons. The number of aryl methyl sites for hydroxylation is 1. The number of carbonyl (C=O) groups is 1. The number of hydrogen-bond acceptors (Lipinski definition) is 3. The minimum absolute atomic E-state index is 0. The van der Waals surface area contributed by atoms with Crippen LogP contribution in [0.4, 0.5) is 5.82 Å².